The first kappa shape index (κ1) is 14.8. The Balaban J connectivity index is 1.68. The van der Waals surface area contributed by atoms with E-state index in [9.17, 15) is 9.18 Å². The average molecular weight is 320 g/mol. The summed E-state index contributed by atoms with van der Waals surface area (Å²) in [5.74, 6) is -0.328. The van der Waals surface area contributed by atoms with E-state index in [0.717, 1.165) is 35.7 Å². The van der Waals surface area contributed by atoms with E-state index < -0.39 is 5.41 Å². The Kier molecular flexibility index (Phi) is 3.53. The molecule has 1 aliphatic carbocycles. The summed E-state index contributed by atoms with van der Waals surface area (Å²) in [6.07, 6.45) is 4.28. The Bertz CT molecular complexity index is 896. The van der Waals surface area contributed by atoms with Crippen molar-refractivity contribution < 1.29 is 9.18 Å². The number of nitrogens with zero attached hydrogens (tertiary/aromatic N) is 1. The van der Waals surface area contributed by atoms with Crippen molar-refractivity contribution in [3.05, 3.63) is 72.2 Å². The van der Waals surface area contributed by atoms with Crippen LogP contribution < -0.4 is 5.32 Å². The normalized spacial score (nSPS) is 15.7. The highest BCUT2D eigenvalue weighted by molar-refractivity contribution is 6.05. The Morgan fingerprint density at radius 1 is 1.04 bits per heavy atom. The maximum absolute atomic E-state index is 13.2. The molecule has 1 N–H and O–H groups in total. The van der Waals surface area contributed by atoms with Crippen molar-refractivity contribution in [2.45, 2.75) is 24.7 Å². The van der Waals surface area contributed by atoms with Crippen molar-refractivity contribution in [2.75, 3.05) is 5.32 Å². The number of hydrogen-bond donors (Lipinski definition) is 1. The number of rotatable bonds is 3. The van der Waals surface area contributed by atoms with Gasteiger partial charge in [-0.25, -0.2) is 4.39 Å². The predicted molar refractivity (Wildman–Crippen MR) is 92.3 cm³/mol. The Morgan fingerprint density at radius 2 is 1.79 bits per heavy atom. The largest absolute Gasteiger partial charge is 0.323 e. The summed E-state index contributed by atoms with van der Waals surface area (Å²) >= 11 is 0. The number of fused-ring (bicyclic) bond motifs is 1. The predicted octanol–water partition coefficient (Wildman–Crippen LogP) is 4.43. The zero-order valence-electron chi connectivity index (χ0n) is 13.1. The second-order valence-electron chi connectivity index (χ2n) is 6.28. The van der Waals surface area contributed by atoms with Gasteiger partial charge >= 0.3 is 0 Å². The number of pyridine rings is 1. The number of carbonyl (C=O) groups excluding carboxylic acids is 1. The lowest BCUT2D eigenvalue weighted by Crippen LogP contribution is -2.46. The van der Waals surface area contributed by atoms with Crippen LogP contribution in [0.1, 0.15) is 24.8 Å². The summed E-state index contributed by atoms with van der Waals surface area (Å²) in [6.45, 7) is 0. The second kappa shape index (κ2) is 5.71. The van der Waals surface area contributed by atoms with Crippen LogP contribution in [0, 0.1) is 5.82 Å². The molecule has 4 heteroatoms. The number of aromatic nitrogens is 1. The second-order valence-corrected chi connectivity index (χ2v) is 6.28. The third kappa shape index (κ3) is 2.35. The van der Waals surface area contributed by atoms with Gasteiger partial charge in [-0.1, -0.05) is 36.8 Å². The monoisotopic (exact) mass is 320 g/mol. The number of anilines is 1. The standard InChI is InChI=1S/C20H17FN2O/c21-16-9-7-15(8-10-16)20(11-3-12-20)19(24)23-17-6-1-4-14-5-2-13-22-18(14)17/h1-2,4-10,13H,3,11-12H2,(H,23,24). The highest BCUT2D eigenvalue weighted by Crippen LogP contribution is 2.44. The maximum atomic E-state index is 13.2. The van der Waals surface area contributed by atoms with Crippen LogP contribution in [-0.2, 0) is 10.2 Å². The molecule has 4 rings (SSSR count). The van der Waals surface area contributed by atoms with Gasteiger partial charge in [0.1, 0.15) is 5.82 Å². The van der Waals surface area contributed by atoms with Gasteiger partial charge in [0.15, 0.2) is 0 Å². The number of para-hydroxylation sites is 1. The molecule has 0 aliphatic heterocycles. The number of carbonyl (C=O) groups is 1. The summed E-state index contributed by atoms with van der Waals surface area (Å²) in [6, 6.07) is 15.9. The molecule has 1 heterocycles. The minimum Gasteiger partial charge on any atom is -0.323 e. The molecule has 3 aromatic rings. The molecule has 0 bridgehead atoms. The van der Waals surface area contributed by atoms with E-state index in [1.165, 1.54) is 12.1 Å². The van der Waals surface area contributed by atoms with E-state index in [2.05, 4.69) is 10.3 Å². The minimum atomic E-state index is -0.565. The zero-order valence-corrected chi connectivity index (χ0v) is 13.1. The molecule has 0 unspecified atom stereocenters. The third-order valence-corrected chi connectivity index (χ3v) is 4.92. The van der Waals surface area contributed by atoms with Gasteiger partial charge in [0.2, 0.25) is 5.91 Å². The van der Waals surface area contributed by atoms with Crippen molar-refractivity contribution >= 4 is 22.5 Å². The summed E-state index contributed by atoms with van der Waals surface area (Å²) < 4.78 is 13.2. The molecule has 1 saturated carbocycles. The number of amides is 1. The molecular formula is C20H17FN2O. The summed E-state index contributed by atoms with van der Waals surface area (Å²) in [4.78, 5) is 17.4. The Hall–Kier alpha value is -2.75. The van der Waals surface area contributed by atoms with E-state index in [1.54, 1.807) is 18.3 Å². The molecule has 1 aromatic heterocycles. The van der Waals surface area contributed by atoms with E-state index in [0.29, 0.717) is 5.69 Å². The maximum Gasteiger partial charge on any atom is 0.235 e. The van der Waals surface area contributed by atoms with Crippen LogP contribution in [0.3, 0.4) is 0 Å². The van der Waals surface area contributed by atoms with Gasteiger partial charge in [-0.3, -0.25) is 9.78 Å². The van der Waals surface area contributed by atoms with E-state index in [4.69, 9.17) is 0 Å². The summed E-state index contributed by atoms with van der Waals surface area (Å²) in [5, 5.41) is 4.03. The van der Waals surface area contributed by atoms with E-state index in [1.807, 2.05) is 30.3 Å². The molecular weight excluding hydrogens is 303 g/mol. The van der Waals surface area contributed by atoms with Crippen molar-refractivity contribution in [2.24, 2.45) is 0 Å². The lowest BCUT2D eigenvalue weighted by atomic mass is 9.64. The van der Waals surface area contributed by atoms with Crippen LogP contribution in [0.25, 0.3) is 10.9 Å². The zero-order chi connectivity index (χ0) is 16.6. The van der Waals surface area contributed by atoms with Crippen LogP contribution in [0.5, 0.6) is 0 Å². The summed E-state index contributed by atoms with van der Waals surface area (Å²) in [7, 11) is 0. The van der Waals surface area contributed by atoms with E-state index in [-0.39, 0.29) is 11.7 Å². The molecule has 0 atom stereocenters. The SMILES string of the molecule is O=C(Nc1cccc2cccnc12)C1(c2ccc(F)cc2)CCC1. The first-order valence-corrected chi connectivity index (χ1v) is 8.10. The van der Waals surface area contributed by atoms with Gasteiger partial charge in [-0.05, 0) is 42.7 Å². The van der Waals surface area contributed by atoms with Crippen LogP contribution in [-0.4, -0.2) is 10.9 Å². The molecule has 1 amide bonds. The quantitative estimate of drug-likeness (QED) is 0.775. The van der Waals surface area contributed by atoms with Crippen molar-refractivity contribution in [1.82, 2.24) is 4.98 Å². The number of benzene rings is 2. The van der Waals surface area contributed by atoms with Crippen LogP contribution in [0.2, 0.25) is 0 Å². The topological polar surface area (TPSA) is 42.0 Å². The molecule has 1 fully saturated rings. The Morgan fingerprint density at radius 3 is 2.50 bits per heavy atom. The van der Waals surface area contributed by atoms with Crippen molar-refractivity contribution in [3.8, 4) is 0 Å². The molecule has 1 aliphatic rings. The summed E-state index contributed by atoms with van der Waals surface area (Å²) in [5.41, 5.74) is 1.80. The molecule has 0 radical (unpaired) electrons. The van der Waals surface area contributed by atoms with Gasteiger partial charge in [-0.2, -0.15) is 0 Å². The smallest absolute Gasteiger partial charge is 0.235 e. The fraction of sp³-hybridized carbons (Fsp3) is 0.200. The molecule has 2 aromatic carbocycles. The fourth-order valence-electron chi connectivity index (χ4n) is 3.39. The number of nitrogens with one attached hydrogen (secondary N) is 1. The molecule has 0 saturated heterocycles. The van der Waals surface area contributed by atoms with Gasteiger partial charge < -0.3 is 5.32 Å². The third-order valence-electron chi connectivity index (χ3n) is 4.92. The van der Waals surface area contributed by atoms with Crippen LogP contribution in [0.15, 0.2) is 60.8 Å². The minimum absolute atomic E-state index is 0.0430. The van der Waals surface area contributed by atoms with Crippen LogP contribution >= 0.6 is 0 Å². The van der Waals surface area contributed by atoms with Gasteiger partial charge in [0, 0.05) is 11.6 Å². The van der Waals surface area contributed by atoms with Gasteiger partial charge in [0.25, 0.3) is 0 Å². The highest BCUT2D eigenvalue weighted by atomic mass is 19.1. The first-order valence-electron chi connectivity index (χ1n) is 8.10. The van der Waals surface area contributed by atoms with Gasteiger partial charge in [0.05, 0.1) is 16.6 Å². The van der Waals surface area contributed by atoms with E-state index >= 15 is 0 Å². The highest BCUT2D eigenvalue weighted by Gasteiger charge is 2.45. The molecule has 120 valence electrons. The fourth-order valence-corrected chi connectivity index (χ4v) is 3.39. The lowest BCUT2D eigenvalue weighted by molar-refractivity contribution is -0.124. The molecule has 24 heavy (non-hydrogen) atoms. The molecule has 3 nitrogen and oxygen atoms in total. The lowest BCUT2D eigenvalue weighted by Gasteiger charge is -2.40. The number of hydrogen-bond acceptors (Lipinski definition) is 2. The van der Waals surface area contributed by atoms with Crippen molar-refractivity contribution in [1.29, 1.82) is 0 Å². The molecule has 0 spiro atoms. The average Bonchev–Trinajstić information content (AvgIpc) is 2.56. The Labute approximate surface area is 139 Å². The van der Waals surface area contributed by atoms with Crippen LogP contribution in [0.4, 0.5) is 10.1 Å². The first-order chi connectivity index (χ1) is 11.7. The number of halogens is 1. The van der Waals surface area contributed by atoms with Gasteiger partial charge in [-0.15, -0.1) is 0 Å². The van der Waals surface area contributed by atoms with Crippen molar-refractivity contribution in [3.63, 3.8) is 0 Å².